The van der Waals surface area contributed by atoms with E-state index in [4.69, 9.17) is 5.73 Å². The minimum atomic E-state index is -0.106. The summed E-state index contributed by atoms with van der Waals surface area (Å²) in [6, 6.07) is 10.9. The van der Waals surface area contributed by atoms with Crippen LogP contribution in [0.15, 0.2) is 36.4 Å². The van der Waals surface area contributed by atoms with Crippen molar-refractivity contribution in [1.29, 1.82) is 0 Å². The molecule has 0 spiro atoms. The van der Waals surface area contributed by atoms with Crippen LogP contribution in [0.2, 0.25) is 0 Å². The van der Waals surface area contributed by atoms with Crippen molar-refractivity contribution in [2.45, 2.75) is 26.7 Å². The van der Waals surface area contributed by atoms with Gasteiger partial charge in [0.15, 0.2) is 5.78 Å². The molecule has 0 radical (unpaired) electrons. The molecular weight excluding hydrogens is 332 g/mol. The molecular formula is C20H18N2O2S. The highest BCUT2D eigenvalue weighted by atomic mass is 32.1. The number of thiophene rings is 1. The summed E-state index contributed by atoms with van der Waals surface area (Å²) in [6.07, 6.45) is 1.26. The van der Waals surface area contributed by atoms with Crippen LogP contribution in [0.3, 0.4) is 0 Å². The van der Waals surface area contributed by atoms with Crippen LogP contribution in [0.25, 0.3) is 10.2 Å². The minimum Gasteiger partial charge on any atom is -0.397 e. The summed E-state index contributed by atoms with van der Waals surface area (Å²) in [5.41, 5.74) is 8.64. The normalized spacial score (nSPS) is 16.0. The summed E-state index contributed by atoms with van der Waals surface area (Å²) in [6.45, 7) is 4.15. The number of nitrogens with zero attached hydrogens (tertiary/aromatic N) is 1. The Balaban J connectivity index is 1.86. The molecule has 126 valence electrons. The van der Waals surface area contributed by atoms with Gasteiger partial charge in [-0.2, -0.15) is 0 Å². The molecule has 0 fully saturated rings. The maximum Gasteiger partial charge on any atom is 0.205 e. The fraction of sp³-hybridized carbons (Fsp3) is 0.250. The van der Waals surface area contributed by atoms with Crippen molar-refractivity contribution in [2.24, 2.45) is 5.41 Å². The Hall–Kier alpha value is -2.53. The average molecular weight is 350 g/mol. The van der Waals surface area contributed by atoms with Crippen molar-refractivity contribution in [2.75, 3.05) is 5.73 Å². The predicted molar refractivity (Wildman–Crippen MR) is 100 cm³/mol. The SMILES string of the molecule is CC1(C)CC(=O)c2cc3c(N)c(C(=O)c4ccccc4)sc3nc2C1. The minimum absolute atomic E-state index is 0.0871. The molecule has 2 aromatic heterocycles. The van der Waals surface area contributed by atoms with E-state index in [2.05, 4.69) is 18.8 Å². The first kappa shape index (κ1) is 16.0. The van der Waals surface area contributed by atoms with Gasteiger partial charge in [0.2, 0.25) is 5.78 Å². The van der Waals surface area contributed by atoms with E-state index in [1.54, 1.807) is 12.1 Å². The second-order valence-electron chi connectivity index (χ2n) is 7.32. The number of aromatic nitrogens is 1. The maximum absolute atomic E-state index is 12.8. The summed E-state index contributed by atoms with van der Waals surface area (Å²) in [5.74, 6) is -0.00656. The van der Waals surface area contributed by atoms with E-state index in [1.165, 1.54) is 11.3 Å². The number of nitrogen functional groups attached to an aromatic ring is 1. The van der Waals surface area contributed by atoms with E-state index >= 15 is 0 Å². The zero-order chi connectivity index (χ0) is 17.8. The lowest BCUT2D eigenvalue weighted by Gasteiger charge is -2.29. The molecule has 4 rings (SSSR count). The van der Waals surface area contributed by atoms with Gasteiger partial charge in [0.25, 0.3) is 0 Å². The molecule has 5 heteroatoms. The Labute approximate surface area is 149 Å². The summed E-state index contributed by atoms with van der Waals surface area (Å²) in [5, 5.41) is 0.705. The fourth-order valence-corrected chi connectivity index (χ4v) is 4.45. The maximum atomic E-state index is 12.8. The Kier molecular flexibility index (Phi) is 3.51. The van der Waals surface area contributed by atoms with Gasteiger partial charge in [-0.3, -0.25) is 9.59 Å². The van der Waals surface area contributed by atoms with Crippen LogP contribution in [-0.2, 0) is 6.42 Å². The van der Waals surface area contributed by atoms with Gasteiger partial charge in [-0.25, -0.2) is 4.98 Å². The molecule has 2 N–H and O–H groups in total. The number of carbonyl (C=O) groups is 2. The molecule has 1 aliphatic rings. The van der Waals surface area contributed by atoms with Gasteiger partial charge in [0.1, 0.15) is 9.71 Å². The van der Waals surface area contributed by atoms with Crippen LogP contribution in [0, 0.1) is 5.41 Å². The van der Waals surface area contributed by atoms with Crippen LogP contribution in [0.1, 0.15) is 51.6 Å². The van der Waals surface area contributed by atoms with Gasteiger partial charge in [-0.15, -0.1) is 11.3 Å². The summed E-state index contributed by atoms with van der Waals surface area (Å²) < 4.78 is 0. The van der Waals surface area contributed by atoms with Crippen LogP contribution in [-0.4, -0.2) is 16.6 Å². The second-order valence-corrected chi connectivity index (χ2v) is 8.32. The highest BCUT2D eigenvalue weighted by molar-refractivity contribution is 7.21. The van der Waals surface area contributed by atoms with E-state index in [-0.39, 0.29) is 17.0 Å². The second kappa shape index (κ2) is 5.49. The summed E-state index contributed by atoms with van der Waals surface area (Å²) in [4.78, 5) is 31.1. The van der Waals surface area contributed by atoms with E-state index in [0.717, 1.165) is 16.9 Å². The number of hydrogen-bond donors (Lipinski definition) is 1. The molecule has 0 amide bonds. The summed E-state index contributed by atoms with van der Waals surface area (Å²) in [7, 11) is 0. The molecule has 0 bridgehead atoms. The third kappa shape index (κ3) is 2.65. The number of fused-ring (bicyclic) bond motifs is 2. The van der Waals surface area contributed by atoms with Gasteiger partial charge in [-0.05, 0) is 17.9 Å². The van der Waals surface area contributed by atoms with Crippen LogP contribution >= 0.6 is 11.3 Å². The largest absolute Gasteiger partial charge is 0.397 e. The van der Waals surface area contributed by atoms with Gasteiger partial charge in [0.05, 0.1) is 11.4 Å². The Morgan fingerprint density at radius 3 is 2.64 bits per heavy atom. The number of carbonyl (C=O) groups excluding carboxylic acids is 2. The summed E-state index contributed by atoms with van der Waals surface area (Å²) >= 11 is 1.30. The first-order chi connectivity index (χ1) is 11.9. The lowest BCUT2D eigenvalue weighted by atomic mass is 9.75. The van der Waals surface area contributed by atoms with E-state index in [1.807, 2.05) is 24.3 Å². The van der Waals surface area contributed by atoms with E-state index < -0.39 is 0 Å². The predicted octanol–water partition coefficient (Wildman–Crippen LogP) is 4.26. The monoisotopic (exact) mass is 350 g/mol. The van der Waals surface area contributed by atoms with Crippen molar-refractivity contribution in [1.82, 2.24) is 4.98 Å². The van der Waals surface area contributed by atoms with Crippen LogP contribution in [0.4, 0.5) is 5.69 Å². The zero-order valence-corrected chi connectivity index (χ0v) is 14.9. The number of pyridine rings is 1. The molecule has 0 unspecified atom stereocenters. The molecule has 1 aromatic carbocycles. The number of hydrogen-bond acceptors (Lipinski definition) is 5. The van der Waals surface area contributed by atoms with E-state index in [0.29, 0.717) is 33.5 Å². The average Bonchev–Trinajstić information content (AvgIpc) is 2.88. The van der Waals surface area contributed by atoms with Crippen molar-refractivity contribution in [3.05, 3.63) is 58.1 Å². The highest BCUT2D eigenvalue weighted by Crippen LogP contribution is 2.39. The molecule has 2 heterocycles. The molecule has 3 aromatic rings. The highest BCUT2D eigenvalue weighted by Gasteiger charge is 2.33. The lowest BCUT2D eigenvalue weighted by Crippen LogP contribution is -2.27. The number of rotatable bonds is 2. The quantitative estimate of drug-likeness (QED) is 0.701. The van der Waals surface area contributed by atoms with Gasteiger partial charge >= 0.3 is 0 Å². The van der Waals surface area contributed by atoms with Crippen LogP contribution < -0.4 is 5.73 Å². The fourth-order valence-electron chi connectivity index (χ4n) is 3.39. The third-order valence-electron chi connectivity index (χ3n) is 4.63. The number of anilines is 1. The Morgan fingerprint density at radius 1 is 1.20 bits per heavy atom. The number of nitrogens with two attached hydrogens (primary N) is 1. The smallest absolute Gasteiger partial charge is 0.205 e. The lowest BCUT2D eigenvalue weighted by molar-refractivity contribution is 0.0910. The van der Waals surface area contributed by atoms with Crippen molar-refractivity contribution >= 4 is 38.8 Å². The van der Waals surface area contributed by atoms with Crippen molar-refractivity contribution < 1.29 is 9.59 Å². The number of ketones is 2. The molecule has 0 aliphatic heterocycles. The first-order valence-electron chi connectivity index (χ1n) is 8.20. The molecule has 0 saturated heterocycles. The topological polar surface area (TPSA) is 73.1 Å². The molecule has 1 aliphatic carbocycles. The van der Waals surface area contributed by atoms with E-state index in [9.17, 15) is 9.59 Å². The number of Topliss-reactive ketones (excluding diaryl/α,β-unsaturated/α-hetero) is 1. The Bertz CT molecular complexity index is 1020. The molecule has 0 atom stereocenters. The van der Waals surface area contributed by atoms with Crippen molar-refractivity contribution in [3.8, 4) is 0 Å². The molecule has 25 heavy (non-hydrogen) atoms. The molecule has 0 saturated carbocycles. The van der Waals surface area contributed by atoms with Gasteiger partial charge < -0.3 is 5.73 Å². The zero-order valence-electron chi connectivity index (χ0n) is 14.1. The first-order valence-corrected chi connectivity index (χ1v) is 9.02. The van der Waals surface area contributed by atoms with Crippen molar-refractivity contribution in [3.63, 3.8) is 0 Å². The van der Waals surface area contributed by atoms with Gasteiger partial charge in [0, 0.05) is 22.9 Å². The van der Waals surface area contributed by atoms with Crippen LogP contribution in [0.5, 0.6) is 0 Å². The third-order valence-corrected chi connectivity index (χ3v) is 5.74. The van der Waals surface area contributed by atoms with Gasteiger partial charge in [-0.1, -0.05) is 44.2 Å². The standard InChI is InChI=1S/C20H18N2O2S/c1-20(2)9-14-12(15(23)10-20)8-13-16(21)18(25-19(13)22-14)17(24)11-6-4-3-5-7-11/h3-8H,9-10,21H2,1-2H3. The number of benzene rings is 1. The Morgan fingerprint density at radius 2 is 1.92 bits per heavy atom. The molecule has 4 nitrogen and oxygen atoms in total.